The van der Waals surface area contributed by atoms with Gasteiger partial charge < -0.3 is 16.0 Å². The van der Waals surface area contributed by atoms with E-state index in [9.17, 15) is 13.6 Å². The van der Waals surface area contributed by atoms with Gasteiger partial charge in [-0.25, -0.2) is 8.78 Å². The molecule has 1 heterocycles. The van der Waals surface area contributed by atoms with Crippen molar-refractivity contribution in [1.29, 1.82) is 0 Å². The van der Waals surface area contributed by atoms with Gasteiger partial charge in [0, 0.05) is 18.0 Å². The second kappa shape index (κ2) is 5.76. The zero-order valence-corrected chi connectivity index (χ0v) is 11.5. The summed E-state index contributed by atoms with van der Waals surface area (Å²) in [6, 6.07) is 2.52. The largest absolute Gasteiger partial charge is 0.348 e. The topological polar surface area (TPSA) is 70.9 Å². The van der Waals surface area contributed by atoms with Crippen molar-refractivity contribution in [2.24, 2.45) is 5.73 Å². The number of fused-ring (bicyclic) bond motifs is 1. The molecule has 20 heavy (non-hydrogen) atoms. The Bertz CT molecular complexity index is 653. The quantitative estimate of drug-likeness (QED) is 0.760. The van der Waals surface area contributed by atoms with E-state index >= 15 is 0 Å². The van der Waals surface area contributed by atoms with Crippen LogP contribution in [0.4, 0.5) is 8.78 Å². The lowest BCUT2D eigenvalue weighted by molar-refractivity contribution is 0.0933. The molecule has 7 heteroatoms. The minimum absolute atomic E-state index is 0.0853. The summed E-state index contributed by atoms with van der Waals surface area (Å²) in [7, 11) is 0. The van der Waals surface area contributed by atoms with Crippen molar-refractivity contribution >= 4 is 28.4 Å². The van der Waals surface area contributed by atoms with E-state index in [1.165, 1.54) is 12.1 Å². The van der Waals surface area contributed by atoms with Gasteiger partial charge in [0.25, 0.3) is 5.91 Å². The summed E-state index contributed by atoms with van der Waals surface area (Å²) < 4.78 is 27.0. The molecule has 0 aliphatic carbocycles. The molecule has 1 amide bonds. The standard InChI is InChI=1S/C13H14ClF2N3O/c1-2-7(5-17)18-13(20)9-4-6-3-8(14)10(15)11(16)12(6)19-9/h3-4,7,19H,2,5,17H2,1H3,(H,18,20). The molecule has 0 aliphatic rings. The first-order valence-corrected chi connectivity index (χ1v) is 6.52. The minimum Gasteiger partial charge on any atom is -0.348 e. The molecule has 2 aromatic rings. The van der Waals surface area contributed by atoms with Crippen molar-refractivity contribution < 1.29 is 13.6 Å². The lowest BCUT2D eigenvalue weighted by Gasteiger charge is -2.13. The Hall–Kier alpha value is -1.66. The second-order valence-corrected chi connectivity index (χ2v) is 4.86. The van der Waals surface area contributed by atoms with Gasteiger partial charge in [-0.05, 0) is 18.6 Å². The van der Waals surface area contributed by atoms with Crippen LogP contribution in [0, 0.1) is 11.6 Å². The third-order valence-electron chi connectivity index (χ3n) is 3.11. The highest BCUT2D eigenvalue weighted by molar-refractivity contribution is 6.31. The van der Waals surface area contributed by atoms with E-state index < -0.39 is 17.5 Å². The van der Waals surface area contributed by atoms with Crippen LogP contribution >= 0.6 is 11.6 Å². The Labute approximate surface area is 119 Å². The molecule has 0 fully saturated rings. The molecule has 2 rings (SSSR count). The fourth-order valence-corrected chi connectivity index (χ4v) is 2.09. The summed E-state index contributed by atoms with van der Waals surface area (Å²) in [6.07, 6.45) is 0.678. The van der Waals surface area contributed by atoms with Crippen molar-refractivity contribution in [3.05, 3.63) is 34.5 Å². The zero-order valence-electron chi connectivity index (χ0n) is 10.8. The number of nitrogens with two attached hydrogens (primary N) is 1. The molecule has 0 saturated heterocycles. The Morgan fingerprint density at radius 1 is 1.45 bits per heavy atom. The average molecular weight is 302 g/mol. The number of hydrogen-bond donors (Lipinski definition) is 3. The molecule has 4 N–H and O–H groups in total. The maximum Gasteiger partial charge on any atom is 0.267 e. The van der Waals surface area contributed by atoms with Gasteiger partial charge in [-0.2, -0.15) is 0 Å². The molecular weight excluding hydrogens is 288 g/mol. The number of nitrogens with one attached hydrogen (secondary N) is 2. The van der Waals surface area contributed by atoms with Crippen molar-refractivity contribution in [2.75, 3.05) is 6.54 Å². The number of hydrogen-bond acceptors (Lipinski definition) is 2. The van der Waals surface area contributed by atoms with Crippen LogP contribution in [0.15, 0.2) is 12.1 Å². The third-order valence-corrected chi connectivity index (χ3v) is 3.38. The maximum atomic E-state index is 13.7. The predicted octanol–water partition coefficient (Wildman–Crippen LogP) is 2.57. The Balaban J connectivity index is 2.37. The molecule has 4 nitrogen and oxygen atoms in total. The van der Waals surface area contributed by atoms with Crippen LogP contribution in [0.25, 0.3) is 10.9 Å². The van der Waals surface area contributed by atoms with Gasteiger partial charge in [-0.1, -0.05) is 18.5 Å². The fraction of sp³-hybridized carbons (Fsp3) is 0.308. The van der Waals surface area contributed by atoms with Crippen molar-refractivity contribution in [3.63, 3.8) is 0 Å². The average Bonchev–Trinajstić information content (AvgIpc) is 2.86. The summed E-state index contributed by atoms with van der Waals surface area (Å²) in [5.74, 6) is -2.66. The highest BCUT2D eigenvalue weighted by Crippen LogP contribution is 2.27. The number of carbonyl (C=O) groups is 1. The molecule has 0 saturated carbocycles. The summed E-state index contributed by atoms with van der Waals surface area (Å²) in [5, 5.41) is 2.71. The highest BCUT2D eigenvalue weighted by atomic mass is 35.5. The monoisotopic (exact) mass is 301 g/mol. The van der Waals surface area contributed by atoms with Gasteiger partial charge in [0.05, 0.1) is 10.5 Å². The number of amides is 1. The molecule has 1 aromatic carbocycles. The first-order valence-electron chi connectivity index (χ1n) is 6.15. The van der Waals surface area contributed by atoms with Gasteiger partial charge in [0.2, 0.25) is 0 Å². The molecule has 1 aromatic heterocycles. The maximum absolute atomic E-state index is 13.7. The van der Waals surface area contributed by atoms with E-state index in [-0.39, 0.29) is 22.3 Å². The number of benzene rings is 1. The first kappa shape index (κ1) is 14.7. The lowest BCUT2D eigenvalue weighted by atomic mass is 10.2. The summed E-state index contributed by atoms with van der Waals surface area (Å²) in [6.45, 7) is 2.19. The number of aromatic nitrogens is 1. The van der Waals surface area contributed by atoms with Gasteiger partial charge >= 0.3 is 0 Å². The SMILES string of the molecule is CCC(CN)NC(=O)c1cc2cc(Cl)c(F)c(F)c2[nH]1. The highest BCUT2D eigenvalue weighted by Gasteiger charge is 2.18. The van der Waals surface area contributed by atoms with E-state index in [2.05, 4.69) is 10.3 Å². The zero-order chi connectivity index (χ0) is 14.9. The Kier molecular flexibility index (Phi) is 4.25. The minimum atomic E-state index is -1.14. The Morgan fingerprint density at radius 3 is 2.75 bits per heavy atom. The van der Waals surface area contributed by atoms with E-state index in [1.807, 2.05) is 6.92 Å². The van der Waals surface area contributed by atoms with E-state index in [1.54, 1.807) is 0 Å². The van der Waals surface area contributed by atoms with Gasteiger partial charge in [0.15, 0.2) is 11.6 Å². The van der Waals surface area contributed by atoms with Crippen LogP contribution in [-0.2, 0) is 0 Å². The molecule has 0 radical (unpaired) electrons. The van der Waals surface area contributed by atoms with Crippen LogP contribution in [0.1, 0.15) is 23.8 Å². The van der Waals surface area contributed by atoms with Crippen LogP contribution in [0.2, 0.25) is 5.02 Å². The number of carbonyl (C=O) groups excluding carboxylic acids is 1. The van der Waals surface area contributed by atoms with E-state index in [0.29, 0.717) is 18.4 Å². The normalized spacial score (nSPS) is 12.7. The molecule has 1 unspecified atom stereocenters. The summed E-state index contributed by atoms with van der Waals surface area (Å²) >= 11 is 5.57. The van der Waals surface area contributed by atoms with Crippen LogP contribution in [0.5, 0.6) is 0 Å². The molecule has 108 valence electrons. The first-order chi connectivity index (χ1) is 9.47. The second-order valence-electron chi connectivity index (χ2n) is 4.45. The number of H-pyrrole nitrogens is 1. The fourth-order valence-electron chi connectivity index (χ4n) is 1.89. The molecule has 0 aliphatic heterocycles. The number of rotatable bonds is 4. The van der Waals surface area contributed by atoms with Crippen LogP contribution in [-0.4, -0.2) is 23.5 Å². The predicted molar refractivity (Wildman–Crippen MR) is 73.8 cm³/mol. The third kappa shape index (κ3) is 2.62. The molecule has 0 bridgehead atoms. The molecule has 1 atom stereocenters. The van der Waals surface area contributed by atoms with Gasteiger partial charge in [0.1, 0.15) is 5.69 Å². The molecular formula is C13H14ClF2N3O. The Morgan fingerprint density at radius 2 is 2.15 bits per heavy atom. The van der Waals surface area contributed by atoms with Crippen molar-refractivity contribution in [3.8, 4) is 0 Å². The van der Waals surface area contributed by atoms with E-state index in [0.717, 1.165) is 0 Å². The smallest absolute Gasteiger partial charge is 0.267 e. The lowest BCUT2D eigenvalue weighted by Crippen LogP contribution is -2.39. The number of aromatic amines is 1. The van der Waals surface area contributed by atoms with Crippen molar-refractivity contribution in [1.82, 2.24) is 10.3 Å². The van der Waals surface area contributed by atoms with Gasteiger partial charge in [-0.15, -0.1) is 0 Å². The number of halogens is 3. The molecule has 0 spiro atoms. The van der Waals surface area contributed by atoms with Crippen LogP contribution < -0.4 is 11.1 Å². The van der Waals surface area contributed by atoms with Crippen molar-refractivity contribution in [2.45, 2.75) is 19.4 Å². The summed E-state index contributed by atoms with van der Waals surface area (Å²) in [5.41, 5.74) is 5.54. The van der Waals surface area contributed by atoms with E-state index in [4.69, 9.17) is 17.3 Å². The van der Waals surface area contributed by atoms with Gasteiger partial charge in [-0.3, -0.25) is 4.79 Å². The summed E-state index contributed by atoms with van der Waals surface area (Å²) in [4.78, 5) is 14.5. The van der Waals surface area contributed by atoms with Crippen LogP contribution in [0.3, 0.4) is 0 Å².